The molecule has 0 aliphatic heterocycles. The van der Waals surface area contributed by atoms with Crippen LogP contribution in [0, 0.1) is 10.1 Å². The lowest BCUT2D eigenvalue weighted by atomic mass is 10.1. The number of carbonyl (C=O) groups is 1. The van der Waals surface area contributed by atoms with E-state index in [-0.39, 0.29) is 33.5 Å². The van der Waals surface area contributed by atoms with Gasteiger partial charge in [0.15, 0.2) is 0 Å². The molecule has 30 heavy (non-hydrogen) atoms. The van der Waals surface area contributed by atoms with Gasteiger partial charge in [-0.25, -0.2) is 0 Å². The summed E-state index contributed by atoms with van der Waals surface area (Å²) >= 11 is 5.80. The molecule has 10 heteroatoms. The fraction of sp³-hybridized carbons (Fsp3) is 0.0500. The molecule has 1 heterocycles. The summed E-state index contributed by atoms with van der Waals surface area (Å²) in [5, 5.41) is 13.2. The van der Waals surface area contributed by atoms with E-state index in [0.717, 1.165) is 18.2 Å². The first-order valence-electron chi connectivity index (χ1n) is 8.34. The Morgan fingerprint density at radius 1 is 1.13 bits per heavy atom. The van der Waals surface area contributed by atoms with Crippen LogP contribution in [0.5, 0.6) is 0 Å². The molecule has 154 valence electrons. The fourth-order valence-corrected chi connectivity index (χ4v) is 2.78. The Morgan fingerprint density at radius 2 is 1.87 bits per heavy atom. The Labute approximate surface area is 172 Å². The Balaban J connectivity index is 1.72. The number of anilines is 1. The number of nitrogens with one attached hydrogen (secondary N) is 1. The first-order chi connectivity index (χ1) is 14.1. The van der Waals surface area contributed by atoms with Crippen molar-refractivity contribution in [1.82, 2.24) is 0 Å². The van der Waals surface area contributed by atoms with Crippen LogP contribution in [0.1, 0.15) is 11.3 Å². The van der Waals surface area contributed by atoms with Crippen molar-refractivity contribution in [2.45, 2.75) is 6.18 Å². The van der Waals surface area contributed by atoms with Crippen molar-refractivity contribution in [3.05, 3.63) is 87.1 Å². The minimum absolute atomic E-state index is 0.0133. The number of benzene rings is 2. The van der Waals surface area contributed by atoms with Crippen LogP contribution < -0.4 is 5.32 Å². The Hall–Kier alpha value is -3.59. The minimum atomic E-state index is -4.54. The van der Waals surface area contributed by atoms with E-state index in [4.69, 9.17) is 16.0 Å². The second kappa shape index (κ2) is 8.42. The van der Waals surface area contributed by atoms with Crippen LogP contribution in [0.15, 0.2) is 65.1 Å². The number of hydrogen-bond acceptors (Lipinski definition) is 4. The van der Waals surface area contributed by atoms with E-state index < -0.39 is 22.6 Å². The maximum absolute atomic E-state index is 12.7. The SMILES string of the molecule is O=C(/C=C/c1ccc(-c2ccccc2[N+](=O)[O-])o1)Nc1ccc(C(F)(F)F)cc1Cl. The first kappa shape index (κ1) is 21.1. The zero-order valence-electron chi connectivity index (χ0n) is 14.9. The van der Waals surface area contributed by atoms with E-state index in [1.165, 1.54) is 36.4 Å². The van der Waals surface area contributed by atoms with Crippen molar-refractivity contribution >= 4 is 35.0 Å². The van der Waals surface area contributed by atoms with E-state index in [1.54, 1.807) is 6.07 Å². The second-order valence-electron chi connectivity index (χ2n) is 5.99. The molecule has 0 saturated carbocycles. The van der Waals surface area contributed by atoms with Gasteiger partial charge in [0.05, 0.1) is 26.8 Å². The summed E-state index contributed by atoms with van der Waals surface area (Å²) in [5.74, 6) is -0.162. The third-order valence-electron chi connectivity index (χ3n) is 3.95. The Morgan fingerprint density at radius 3 is 2.53 bits per heavy atom. The largest absolute Gasteiger partial charge is 0.456 e. The molecule has 6 nitrogen and oxygen atoms in total. The monoisotopic (exact) mass is 436 g/mol. The predicted octanol–water partition coefficient (Wildman–Crippen LogP) is 6.18. The molecule has 1 N–H and O–H groups in total. The van der Waals surface area contributed by atoms with E-state index in [2.05, 4.69) is 5.32 Å². The van der Waals surface area contributed by atoms with Gasteiger partial charge in [-0.15, -0.1) is 0 Å². The maximum atomic E-state index is 12.7. The molecule has 0 fully saturated rings. The van der Waals surface area contributed by atoms with Crippen molar-refractivity contribution in [1.29, 1.82) is 0 Å². The van der Waals surface area contributed by atoms with Gasteiger partial charge in [-0.1, -0.05) is 23.7 Å². The van der Waals surface area contributed by atoms with Crippen LogP contribution in [0.2, 0.25) is 5.02 Å². The second-order valence-corrected chi connectivity index (χ2v) is 6.40. The first-order valence-corrected chi connectivity index (χ1v) is 8.72. The Kier molecular flexibility index (Phi) is 5.93. The molecule has 0 unspecified atom stereocenters. The topological polar surface area (TPSA) is 85.4 Å². The van der Waals surface area contributed by atoms with Gasteiger partial charge in [0.1, 0.15) is 11.5 Å². The number of halogens is 4. The molecule has 0 radical (unpaired) electrons. The molecule has 0 bridgehead atoms. The molecule has 2 aromatic carbocycles. The summed E-state index contributed by atoms with van der Waals surface area (Å²) in [6.45, 7) is 0. The number of nitro groups is 1. The molecule has 1 amide bonds. The number of carbonyl (C=O) groups excluding carboxylic acids is 1. The molecule has 0 spiro atoms. The summed E-state index contributed by atoms with van der Waals surface area (Å²) in [4.78, 5) is 22.6. The highest BCUT2D eigenvalue weighted by atomic mass is 35.5. The molecule has 3 rings (SSSR count). The number of nitrogens with zero attached hydrogens (tertiary/aromatic N) is 1. The quantitative estimate of drug-likeness (QED) is 0.294. The number of rotatable bonds is 5. The van der Waals surface area contributed by atoms with Gasteiger partial charge in [-0.05, 0) is 42.5 Å². The fourth-order valence-electron chi connectivity index (χ4n) is 2.55. The standard InChI is InChI=1S/C20H12ClF3N2O4/c21-15-11-12(20(22,23)24)5-8-16(15)25-19(27)10-7-13-6-9-18(30-13)14-3-1-2-4-17(14)26(28)29/h1-11H,(H,25,27)/b10-7+. The smallest absolute Gasteiger partial charge is 0.416 e. The van der Waals surface area contributed by atoms with Crippen molar-refractivity contribution in [3.63, 3.8) is 0 Å². The number of alkyl halides is 3. The van der Waals surface area contributed by atoms with E-state index in [1.807, 2.05) is 0 Å². The average molecular weight is 437 g/mol. The normalized spacial score (nSPS) is 11.6. The predicted molar refractivity (Wildman–Crippen MR) is 105 cm³/mol. The lowest BCUT2D eigenvalue weighted by Crippen LogP contribution is -2.10. The van der Waals surface area contributed by atoms with Crippen molar-refractivity contribution in [3.8, 4) is 11.3 Å². The molecular formula is C20H12ClF3N2O4. The summed E-state index contributed by atoms with van der Waals surface area (Å²) < 4.78 is 43.5. The van der Waals surface area contributed by atoms with Gasteiger partial charge in [0, 0.05) is 12.1 Å². The van der Waals surface area contributed by atoms with E-state index in [9.17, 15) is 28.1 Å². The minimum Gasteiger partial charge on any atom is -0.456 e. The van der Waals surface area contributed by atoms with Crippen LogP contribution in [0.3, 0.4) is 0 Å². The van der Waals surface area contributed by atoms with Crippen LogP contribution in [0.25, 0.3) is 17.4 Å². The number of hydrogen-bond donors (Lipinski definition) is 1. The summed E-state index contributed by atoms with van der Waals surface area (Å²) in [6, 6.07) is 11.6. The van der Waals surface area contributed by atoms with Gasteiger partial charge in [0.25, 0.3) is 5.69 Å². The zero-order chi connectivity index (χ0) is 21.9. The zero-order valence-corrected chi connectivity index (χ0v) is 15.7. The highest BCUT2D eigenvalue weighted by Crippen LogP contribution is 2.34. The van der Waals surface area contributed by atoms with Gasteiger partial charge in [-0.2, -0.15) is 13.2 Å². The van der Waals surface area contributed by atoms with Crippen LogP contribution in [-0.4, -0.2) is 10.8 Å². The average Bonchev–Trinajstić information content (AvgIpc) is 3.16. The van der Waals surface area contributed by atoms with Crippen LogP contribution >= 0.6 is 11.6 Å². The highest BCUT2D eigenvalue weighted by Gasteiger charge is 2.31. The van der Waals surface area contributed by atoms with E-state index in [0.29, 0.717) is 6.07 Å². The van der Waals surface area contributed by atoms with Gasteiger partial charge >= 0.3 is 6.18 Å². The maximum Gasteiger partial charge on any atom is 0.416 e. The molecule has 0 atom stereocenters. The third kappa shape index (κ3) is 4.87. The summed E-state index contributed by atoms with van der Waals surface area (Å²) in [7, 11) is 0. The van der Waals surface area contributed by atoms with E-state index >= 15 is 0 Å². The van der Waals surface area contributed by atoms with Crippen molar-refractivity contribution in [2.75, 3.05) is 5.32 Å². The number of furan rings is 1. The van der Waals surface area contributed by atoms with Crippen molar-refractivity contribution in [2.24, 2.45) is 0 Å². The van der Waals surface area contributed by atoms with Crippen LogP contribution in [-0.2, 0) is 11.0 Å². The third-order valence-corrected chi connectivity index (χ3v) is 4.26. The molecular weight excluding hydrogens is 425 g/mol. The number of para-hydroxylation sites is 1. The molecule has 0 saturated heterocycles. The lowest BCUT2D eigenvalue weighted by Gasteiger charge is -2.10. The van der Waals surface area contributed by atoms with Gasteiger partial charge < -0.3 is 9.73 Å². The molecule has 0 aliphatic carbocycles. The van der Waals surface area contributed by atoms with Gasteiger partial charge in [0.2, 0.25) is 5.91 Å². The number of amides is 1. The molecule has 1 aromatic heterocycles. The lowest BCUT2D eigenvalue weighted by molar-refractivity contribution is -0.384. The highest BCUT2D eigenvalue weighted by molar-refractivity contribution is 6.34. The van der Waals surface area contributed by atoms with Crippen LogP contribution in [0.4, 0.5) is 24.5 Å². The summed E-state index contributed by atoms with van der Waals surface area (Å²) in [5.41, 5.74) is -0.765. The molecule has 3 aromatic rings. The van der Waals surface area contributed by atoms with Gasteiger partial charge in [-0.3, -0.25) is 14.9 Å². The number of nitro benzene ring substituents is 1. The Bertz CT molecular complexity index is 1140. The molecule has 0 aliphatic rings. The summed E-state index contributed by atoms with van der Waals surface area (Å²) in [6.07, 6.45) is -2.14. The van der Waals surface area contributed by atoms with Crippen molar-refractivity contribution < 1.29 is 27.3 Å².